The smallest absolute Gasteiger partial charge is 0.234 e. The van der Waals surface area contributed by atoms with Crippen molar-refractivity contribution in [2.24, 2.45) is 5.92 Å². The number of carbonyl (C=O) groups excluding carboxylic acids is 1. The van der Waals surface area contributed by atoms with Gasteiger partial charge in [-0.15, -0.1) is 0 Å². The molecule has 2 N–H and O–H groups in total. The van der Waals surface area contributed by atoms with Gasteiger partial charge < -0.3 is 10.6 Å². The highest BCUT2D eigenvalue weighted by molar-refractivity contribution is 5.78. The molecule has 1 saturated carbocycles. The third-order valence-electron chi connectivity index (χ3n) is 4.41. The lowest BCUT2D eigenvalue weighted by atomic mass is 10.0. The van der Waals surface area contributed by atoms with E-state index in [0.717, 1.165) is 18.7 Å². The molecule has 0 radical (unpaired) electrons. The van der Waals surface area contributed by atoms with E-state index < -0.39 is 0 Å². The van der Waals surface area contributed by atoms with Crippen LogP contribution in [-0.4, -0.2) is 28.8 Å². The van der Waals surface area contributed by atoms with Crippen molar-refractivity contribution in [2.75, 3.05) is 13.1 Å². The van der Waals surface area contributed by atoms with E-state index in [1.54, 1.807) is 0 Å². The van der Waals surface area contributed by atoms with Crippen molar-refractivity contribution in [2.45, 2.75) is 39.3 Å². The van der Waals surface area contributed by atoms with Crippen LogP contribution in [-0.2, 0) is 11.3 Å². The molecule has 2 aromatic rings. The maximum absolute atomic E-state index is 12.2. The summed E-state index contributed by atoms with van der Waals surface area (Å²) >= 11 is 0. The fourth-order valence-electron chi connectivity index (χ4n) is 2.89. The van der Waals surface area contributed by atoms with Gasteiger partial charge in [-0.1, -0.05) is 29.8 Å². The first kappa shape index (κ1) is 16.7. The summed E-state index contributed by atoms with van der Waals surface area (Å²) < 4.78 is 1.89. The molecule has 5 nitrogen and oxygen atoms in total. The van der Waals surface area contributed by atoms with E-state index in [1.165, 1.54) is 24.0 Å². The van der Waals surface area contributed by atoms with Gasteiger partial charge in [-0.2, -0.15) is 5.10 Å². The van der Waals surface area contributed by atoms with Crippen molar-refractivity contribution < 1.29 is 4.79 Å². The topological polar surface area (TPSA) is 59.0 Å². The Bertz CT molecular complexity index is 673. The third kappa shape index (κ3) is 4.68. The zero-order valence-electron chi connectivity index (χ0n) is 14.5. The van der Waals surface area contributed by atoms with E-state index >= 15 is 0 Å². The number of aryl methyl sites for hydroxylation is 2. The van der Waals surface area contributed by atoms with E-state index in [2.05, 4.69) is 46.9 Å². The predicted molar refractivity (Wildman–Crippen MR) is 94.6 cm³/mol. The van der Waals surface area contributed by atoms with Gasteiger partial charge in [0.05, 0.1) is 25.3 Å². The van der Waals surface area contributed by atoms with Gasteiger partial charge in [0.2, 0.25) is 5.91 Å². The summed E-state index contributed by atoms with van der Waals surface area (Å²) in [5, 5.41) is 10.6. The van der Waals surface area contributed by atoms with Crippen LogP contribution >= 0.6 is 0 Å². The van der Waals surface area contributed by atoms with E-state index in [1.807, 2.05) is 24.0 Å². The van der Waals surface area contributed by atoms with Crippen molar-refractivity contribution in [1.82, 2.24) is 20.4 Å². The number of hydrogen-bond acceptors (Lipinski definition) is 3. The van der Waals surface area contributed by atoms with Crippen molar-refractivity contribution in [3.05, 3.63) is 53.3 Å². The normalized spacial score (nSPS) is 15.2. The molecule has 0 bridgehead atoms. The van der Waals surface area contributed by atoms with E-state index in [0.29, 0.717) is 12.5 Å². The first-order chi connectivity index (χ1) is 11.6. The van der Waals surface area contributed by atoms with Crippen LogP contribution in [0, 0.1) is 19.8 Å². The highest BCUT2D eigenvalue weighted by Crippen LogP contribution is 2.40. The van der Waals surface area contributed by atoms with Crippen LogP contribution in [0.3, 0.4) is 0 Å². The van der Waals surface area contributed by atoms with Crippen LogP contribution in [0.25, 0.3) is 0 Å². The summed E-state index contributed by atoms with van der Waals surface area (Å²) in [4.78, 5) is 12.2. The first-order valence-electron chi connectivity index (χ1n) is 8.67. The number of nitrogens with one attached hydrogen (secondary N) is 2. The number of aromatic nitrogens is 2. The minimum atomic E-state index is 0.0594. The molecule has 0 unspecified atom stereocenters. The van der Waals surface area contributed by atoms with Crippen molar-refractivity contribution in [3.8, 4) is 0 Å². The maximum Gasteiger partial charge on any atom is 0.234 e. The molecule has 3 rings (SSSR count). The Balaban J connectivity index is 1.45. The number of nitrogens with zero attached hydrogens (tertiary/aromatic N) is 2. The third-order valence-corrected chi connectivity index (χ3v) is 4.41. The minimum Gasteiger partial charge on any atom is -0.348 e. The SMILES string of the molecule is Cc1ccc([C@H](NC(=O)CNCCn2cc(C)cn2)C2CC2)cc1. The molecule has 5 heteroatoms. The maximum atomic E-state index is 12.2. The minimum absolute atomic E-state index is 0.0594. The molecule has 0 saturated heterocycles. The molecule has 1 aliphatic rings. The average molecular weight is 326 g/mol. The number of hydrogen-bond donors (Lipinski definition) is 2. The molecular formula is C19H26N4O. The van der Waals surface area contributed by atoms with Crippen molar-refractivity contribution >= 4 is 5.91 Å². The van der Waals surface area contributed by atoms with Gasteiger partial charge in [0.15, 0.2) is 0 Å². The van der Waals surface area contributed by atoms with E-state index in [9.17, 15) is 4.79 Å². The fraction of sp³-hybridized carbons (Fsp3) is 0.474. The summed E-state index contributed by atoms with van der Waals surface area (Å²) in [7, 11) is 0. The lowest BCUT2D eigenvalue weighted by Crippen LogP contribution is -2.38. The van der Waals surface area contributed by atoms with Crippen LogP contribution in [0.5, 0.6) is 0 Å². The summed E-state index contributed by atoms with van der Waals surface area (Å²) in [5.74, 6) is 0.646. The van der Waals surface area contributed by atoms with Gasteiger partial charge in [0.1, 0.15) is 0 Å². The molecule has 1 atom stereocenters. The average Bonchev–Trinajstić information content (AvgIpc) is 3.32. The Labute approximate surface area is 143 Å². The molecule has 1 heterocycles. The Morgan fingerprint density at radius 1 is 1.25 bits per heavy atom. The summed E-state index contributed by atoms with van der Waals surface area (Å²) in [5.41, 5.74) is 3.61. The summed E-state index contributed by atoms with van der Waals surface area (Å²) in [6.07, 6.45) is 6.24. The molecule has 1 fully saturated rings. The Morgan fingerprint density at radius 3 is 2.62 bits per heavy atom. The largest absolute Gasteiger partial charge is 0.348 e. The van der Waals surface area contributed by atoms with Gasteiger partial charge in [-0.25, -0.2) is 0 Å². The fourth-order valence-corrected chi connectivity index (χ4v) is 2.89. The van der Waals surface area contributed by atoms with Crippen LogP contribution in [0.1, 0.15) is 35.6 Å². The summed E-state index contributed by atoms with van der Waals surface area (Å²) in [6.45, 7) is 5.95. The highest BCUT2D eigenvalue weighted by atomic mass is 16.2. The van der Waals surface area contributed by atoms with Crippen LogP contribution in [0.15, 0.2) is 36.7 Å². The molecule has 1 aliphatic carbocycles. The van der Waals surface area contributed by atoms with Gasteiger partial charge in [-0.05, 0) is 43.7 Å². The molecular weight excluding hydrogens is 300 g/mol. The molecule has 24 heavy (non-hydrogen) atoms. The zero-order valence-corrected chi connectivity index (χ0v) is 14.5. The van der Waals surface area contributed by atoms with Gasteiger partial charge in [0.25, 0.3) is 0 Å². The second-order valence-electron chi connectivity index (χ2n) is 6.75. The summed E-state index contributed by atoms with van der Waals surface area (Å²) in [6, 6.07) is 8.63. The molecule has 0 spiro atoms. The number of benzene rings is 1. The van der Waals surface area contributed by atoms with Gasteiger partial charge in [-0.3, -0.25) is 9.48 Å². The van der Waals surface area contributed by atoms with E-state index in [4.69, 9.17) is 0 Å². The molecule has 1 aromatic carbocycles. The number of carbonyl (C=O) groups is 1. The second-order valence-corrected chi connectivity index (χ2v) is 6.75. The Hall–Kier alpha value is -2.14. The van der Waals surface area contributed by atoms with Crippen LogP contribution < -0.4 is 10.6 Å². The predicted octanol–water partition coefficient (Wildman–Crippen LogP) is 2.36. The number of amides is 1. The van der Waals surface area contributed by atoms with Crippen molar-refractivity contribution in [1.29, 1.82) is 0 Å². The lowest BCUT2D eigenvalue weighted by Gasteiger charge is -2.19. The number of rotatable bonds is 8. The Morgan fingerprint density at radius 2 is 2.00 bits per heavy atom. The highest BCUT2D eigenvalue weighted by Gasteiger charge is 2.33. The van der Waals surface area contributed by atoms with Crippen LogP contribution in [0.2, 0.25) is 0 Å². The van der Waals surface area contributed by atoms with Crippen LogP contribution in [0.4, 0.5) is 0 Å². The standard InChI is InChI=1S/C19H26N4O/c1-14-3-5-16(6-4-14)19(17-7-8-17)22-18(24)12-20-9-10-23-13-15(2)11-21-23/h3-6,11,13,17,19-20H,7-10,12H2,1-2H3,(H,22,24)/t19-/m0/s1. The lowest BCUT2D eigenvalue weighted by molar-refractivity contribution is -0.121. The monoisotopic (exact) mass is 326 g/mol. The van der Waals surface area contributed by atoms with E-state index in [-0.39, 0.29) is 11.9 Å². The molecule has 1 aromatic heterocycles. The van der Waals surface area contributed by atoms with Gasteiger partial charge >= 0.3 is 0 Å². The molecule has 0 aliphatic heterocycles. The first-order valence-corrected chi connectivity index (χ1v) is 8.67. The Kier molecular flexibility index (Phi) is 5.30. The second kappa shape index (κ2) is 7.62. The van der Waals surface area contributed by atoms with Crippen molar-refractivity contribution in [3.63, 3.8) is 0 Å². The molecule has 128 valence electrons. The zero-order chi connectivity index (χ0) is 16.9. The quantitative estimate of drug-likeness (QED) is 0.732. The molecule has 1 amide bonds. The van der Waals surface area contributed by atoms with Gasteiger partial charge in [0, 0.05) is 12.7 Å².